The lowest BCUT2D eigenvalue weighted by molar-refractivity contribution is 0.112. The molecule has 0 spiro atoms. The first kappa shape index (κ1) is 16.9. The number of nitrogens with zero attached hydrogens (tertiary/aromatic N) is 2. The minimum atomic E-state index is -1.83. The quantitative estimate of drug-likeness (QED) is 0.562. The molecular formula is C18H28N2OSi. The maximum atomic E-state index is 11.5. The van der Waals surface area contributed by atoms with E-state index in [9.17, 15) is 4.79 Å². The van der Waals surface area contributed by atoms with Crippen molar-refractivity contribution < 1.29 is 4.79 Å². The van der Waals surface area contributed by atoms with Crippen molar-refractivity contribution in [2.24, 2.45) is 0 Å². The van der Waals surface area contributed by atoms with Crippen LogP contribution in [0.4, 0.5) is 0 Å². The second kappa shape index (κ2) is 5.99. The molecule has 4 heteroatoms. The number of hydrogen-bond acceptors (Lipinski definition) is 2. The van der Waals surface area contributed by atoms with E-state index < -0.39 is 8.24 Å². The highest BCUT2D eigenvalue weighted by molar-refractivity contribution is 6.82. The van der Waals surface area contributed by atoms with Gasteiger partial charge in [0.1, 0.15) is 5.65 Å². The van der Waals surface area contributed by atoms with Crippen LogP contribution in [0.5, 0.6) is 0 Å². The molecule has 0 saturated carbocycles. The first-order valence-electron chi connectivity index (χ1n) is 8.20. The fourth-order valence-corrected chi connectivity index (χ4v) is 11.1. The summed E-state index contributed by atoms with van der Waals surface area (Å²) in [5, 5.41) is 0.994. The van der Waals surface area contributed by atoms with Gasteiger partial charge in [-0.1, -0.05) is 41.5 Å². The Bertz CT molecular complexity index is 664. The predicted octanol–water partition coefficient (Wildman–Crippen LogP) is 5.18. The number of hydrogen-bond donors (Lipinski definition) is 0. The van der Waals surface area contributed by atoms with Crippen LogP contribution in [0.2, 0.25) is 16.6 Å². The average Bonchev–Trinajstić information content (AvgIpc) is 2.82. The summed E-state index contributed by atoms with van der Waals surface area (Å²) in [6.45, 7) is 16.0. The smallest absolute Gasteiger partial charge is 0.171 e. The first-order valence-corrected chi connectivity index (χ1v) is 10.4. The molecule has 0 N–H and O–H groups in total. The maximum Gasteiger partial charge on any atom is 0.171 e. The molecule has 0 saturated heterocycles. The summed E-state index contributed by atoms with van der Waals surface area (Å²) in [7, 11) is -1.83. The summed E-state index contributed by atoms with van der Waals surface area (Å²) in [6.07, 6.45) is 4.98. The van der Waals surface area contributed by atoms with Gasteiger partial charge in [-0.15, -0.1) is 0 Å². The highest BCUT2D eigenvalue weighted by Crippen LogP contribution is 2.44. The van der Waals surface area contributed by atoms with Gasteiger partial charge in [0.25, 0.3) is 0 Å². The lowest BCUT2D eigenvalue weighted by Crippen LogP contribution is -2.51. The Balaban J connectivity index is 2.85. The highest BCUT2D eigenvalue weighted by atomic mass is 28.3. The van der Waals surface area contributed by atoms with Crippen LogP contribution in [-0.4, -0.2) is 23.7 Å². The SMILES string of the molecule is Cc1cnc2c(ccn2[Si](C(C)C)(C(C)C)C(C)C)c1C=O. The van der Waals surface area contributed by atoms with Crippen molar-refractivity contribution in [3.8, 4) is 0 Å². The summed E-state index contributed by atoms with van der Waals surface area (Å²) in [4.78, 5) is 16.2. The number of carbonyl (C=O) groups excluding carboxylic acids is 1. The number of carbonyl (C=O) groups is 1. The van der Waals surface area contributed by atoms with Gasteiger partial charge in [0.2, 0.25) is 0 Å². The first-order chi connectivity index (χ1) is 10.3. The van der Waals surface area contributed by atoms with Gasteiger partial charge in [-0.3, -0.25) is 4.79 Å². The summed E-state index contributed by atoms with van der Waals surface area (Å²) in [5.41, 5.74) is 4.52. The molecule has 0 aliphatic rings. The Hall–Kier alpha value is -1.42. The molecule has 2 aromatic heterocycles. The Morgan fingerprint density at radius 1 is 1.09 bits per heavy atom. The van der Waals surface area contributed by atoms with Gasteiger partial charge in [-0.05, 0) is 41.4 Å². The van der Waals surface area contributed by atoms with E-state index in [-0.39, 0.29) is 0 Å². The van der Waals surface area contributed by atoms with Crippen molar-refractivity contribution in [1.82, 2.24) is 9.22 Å². The van der Waals surface area contributed by atoms with Crippen LogP contribution < -0.4 is 0 Å². The van der Waals surface area contributed by atoms with E-state index >= 15 is 0 Å². The highest BCUT2D eigenvalue weighted by Gasteiger charge is 2.46. The summed E-state index contributed by atoms with van der Waals surface area (Å²) >= 11 is 0. The zero-order valence-electron chi connectivity index (χ0n) is 14.8. The van der Waals surface area contributed by atoms with Crippen LogP contribution in [-0.2, 0) is 0 Å². The van der Waals surface area contributed by atoms with Crippen molar-refractivity contribution in [3.05, 3.63) is 29.6 Å². The second-order valence-corrected chi connectivity index (χ2v) is 13.0. The summed E-state index contributed by atoms with van der Waals surface area (Å²) in [5.74, 6) is 0. The minimum Gasteiger partial charge on any atom is -0.359 e. The van der Waals surface area contributed by atoms with E-state index in [1.807, 2.05) is 13.1 Å². The van der Waals surface area contributed by atoms with Crippen LogP contribution in [0.3, 0.4) is 0 Å². The van der Waals surface area contributed by atoms with Crippen molar-refractivity contribution in [1.29, 1.82) is 0 Å². The fraction of sp³-hybridized carbons (Fsp3) is 0.556. The van der Waals surface area contributed by atoms with Gasteiger partial charge in [-0.25, -0.2) is 4.98 Å². The Morgan fingerprint density at radius 3 is 2.09 bits per heavy atom. The molecule has 2 aromatic rings. The lowest BCUT2D eigenvalue weighted by Gasteiger charge is -2.44. The zero-order chi connectivity index (χ0) is 16.7. The standard InChI is InChI=1S/C18H28N2OSi/c1-12(2)22(13(3)4,14(5)6)20-9-8-16-17(11-21)15(7)10-19-18(16)20/h8-14H,1-7H3. The predicted molar refractivity (Wildman–Crippen MR) is 96.3 cm³/mol. The summed E-state index contributed by atoms with van der Waals surface area (Å²) in [6, 6.07) is 2.08. The monoisotopic (exact) mass is 316 g/mol. The van der Waals surface area contributed by atoms with Gasteiger partial charge in [0.15, 0.2) is 14.5 Å². The third kappa shape index (κ3) is 2.24. The van der Waals surface area contributed by atoms with Crippen molar-refractivity contribution in [3.63, 3.8) is 0 Å². The number of rotatable bonds is 5. The molecule has 2 rings (SSSR count). The van der Waals surface area contributed by atoms with Gasteiger partial charge < -0.3 is 4.23 Å². The molecule has 0 bridgehead atoms. The van der Waals surface area contributed by atoms with Crippen LogP contribution in [0.15, 0.2) is 18.5 Å². The minimum absolute atomic E-state index is 0.603. The molecule has 2 heterocycles. The van der Waals surface area contributed by atoms with Crippen LogP contribution in [0, 0.1) is 6.92 Å². The topological polar surface area (TPSA) is 34.9 Å². The van der Waals surface area contributed by atoms with Crippen LogP contribution in [0.1, 0.15) is 57.5 Å². The Morgan fingerprint density at radius 2 is 1.64 bits per heavy atom. The van der Waals surface area contributed by atoms with Crippen LogP contribution in [0.25, 0.3) is 11.0 Å². The Labute approximate surface area is 134 Å². The lowest BCUT2D eigenvalue weighted by atomic mass is 10.1. The van der Waals surface area contributed by atoms with E-state index in [4.69, 9.17) is 4.98 Å². The molecule has 22 heavy (non-hydrogen) atoms. The van der Waals surface area contributed by atoms with Crippen molar-refractivity contribution >= 4 is 25.6 Å². The molecule has 0 fully saturated rings. The van der Waals surface area contributed by atoms with Gasteiger partial charge in [0.05, 0.1) is 0 Å². The molecule has 0 atom stereocenters. The van der Waals surface area contributed by atoms with Crippen molar-refractivity contribution in [2.45, 2.75) is 65.1 Å². The number of aldehydes is 1. The molecule has 0 aliphatic heterocycles. The molecule has 0 aliphatic carbocycles. The number of aryl methyl sites for hydroxylation is 1. The Kier molecular flexibility index (Phi) is 4.61. The maximum absolute atomic E-state index is 11.5. The summed E-state index contributed by atoms with van der Waals surface area (Å²) < 4.78 is 2.45. The number of pyridine rings is 1. The van der Waals surface area contributed by atoms with E-state index in [1.54, 1.807) is 0 Å². The zero-order valence-corrected chi connectivity index (χ0v) is 15.8. The van der Waals surface area contributed by atoms with E-state index in [1.165, 1.54) is 0 Å². The molecule has 0 aromatic carbocycles. The van der Waals surface area contributed by atoms with E-state index in [0.717, 1.165) is 28.4 Å². The van der Waals surface area contributed by atoms with Gasteiger partial charge >= 0.3 is 0 Å². The van der Waals surface area contributed by atoms with E-state index in [0.29, 0.717) is 16.6 Å². The van der Waals surface area contributed by atoms with Crippen molar-refractivity contribution in [2.75, 3.05) is 0 Å². The molecule has 3 nitrogen and oxygen atoms in total. The third-order valence-electron chi connectivity index (χ3n) is 5.26. The number of fused-ring (bicyclic) bond motifs is 1. The molecule has 0 unspecified atom stereocenters. The second-order valence-electron chi connectivity index (χ2n) is 7.25. The normalized spacial score (nSPS) is 12.8. The average molecular weight is 317 g/mol. The van der Waals surface area contributed by atoms with E-state index in [2.05, 4.69) is 58.0 Å². The van der Waals surface area contributed by atoms with Gasteiger partial charge in [-0.2, -0.15) is 0 Å². The van der Waals surface area contributed by atoms with Gasteiger partial charge in [0, 0.05) is 17.1 Å². The van der Waals surface area contributed by atoms with Crippen LogP contribution >= 0.6 is 0 Å². The molecule has 120 valence electrons. The molecular weight excluding hydrogens is 288 g/mol. The fourth-order valence-electron chi connectivity index (χ4n) is 4.51. The molecule has 0 radical (unpaired) electrons. The molecule has 0 amide bonds. The third-order valence-corrected chi connectivity index (χ3v) is 12.0. The largest absolute Gasteiger partial charge is 0.359 e. The number of aromatic nitrogens is 2.